The normalized spacial score (nSPS) is 23.8. The topological polar surface area (TPSA) is 126 Å². The quantitative estimate of drug-likeness (QED) is 0.147. The second-order valence-electron chi connectivity index (χ2n) is 15.0. The van der Waals surface area contributed by atoms with E-state index in [-0.39, 0.29) is 70.0 Å². The summed E-state index contributed by atoms with van der Waals surface area (Å²) in [5.74, 6) is 0.691. The van der Waals surface area contributed by atoms with Crippen molar-refractivity contribution in [3.63, 3.8) is 0 Å². The third kappa shape index (κ3) is 5.69. The summed E-state index contributed by atoms with van der Waals surface area (Å²) >= 11 is 13.1. The van der Waals surface area contributed by atoms with Crippen molar-refractivity contribution in [3.05, 3.63) is 81.5 Å². The van der Waals surface area contributed by atoms with E-state index in [1.807, 2.05) is 17.0 Å². The zero-order valence-corrected chi connectivity index (χ0v) is 31.4. The molecule has 5 aliphatic rings. The number of aryl methyl sites for hydroxylation is 1. The molecule has 13 heteroatoms. The lowest BCUT2D eigenvalue weighted by Crippen LogP contribution is -2.41. The lowest BCUT2D eigenvalue weighted by Gasteiger charge is -2.39. The lowest BCUT2D eigenvalue weighted by molar-refractivity contribution is -0.133. The first-order valence-electron chi connectivity index (χ1n) is 18.6. The SMILES string of the molecule is COc1ncccc1OC1CC(c2cc3c(C(C)O)nc4c(F)c(-c5cccc(Cl)c5Cl)c(CCC#N)cc4c3n2C2C3CNC2C3)N(C(=O)C2CC2)C1. The predicted octanol–water partition coefficient (Wildman–Crippen LogP) is 7.88. The van der Waals surface area contributed by atoms with Crippen LogP contribution in [0.4, 0.5) is 4.39 Å². The monoisotopic (exact) mass is 768 g/mol. The van der Waals surface area contributed by atoms with Crippen molar-refractivity contribution in [1.82, 2.24) is 24.8 Å². The number of carbonyl (C=O) groups is 1. The molecule has 278 valence electrons. The maximum Gasteiger partial charge on any atom is 0.256 e. The van der Waals surface area contributed by atoms with Crippen LogP contribution >= 0.6 is 23.2 Å². The Morgan fingerprint density at radius 1 is 1.19 bits per heavy atom. The Bertz CT molecular complexity index is 2360. The van der Waals surface area contributed by atoms with Crippen molar-refractivity contribution in [2.45, 2.75) is 75.8 Å². The number of aromatic nitrogens is 3. The smallest absolute Gasteiger partial charge is 0.256 e. The number of halogens is 3. The molecule has 10 nitrogen and oxygen atoms in total. The number of benzene rings is 2. The van der Waals surface area contributed by atoms with Crippen LogP contribution in [0.15, 0.2) is 48.7 Å². The molecule has 3 saturated heterocycles. The molecule has 6 atom stereocenters. The second-order valence-corrected chi connectivity index (χ2v) is 15.8. The fourth-order valence-electron chi connectivity index (χ4n) is 9.06. The van der Waals surface area contributed by atoms with E-state index in [1.54, 1.807) is 44.5 Å². The van der Waals surface area contributed by atoms with Crippen LogP contribution < -0.4 is 14.8 Å². The number of pyridine rings is 2. The predicted molar refractivity (Wildman–Crippen MR) is 203 cm³/mol. The van der Waals surface area contributed by atoms with E-state index in [0.29, 0.717) is 58.1 Å². The van der Waals surface area contributed by atoms with Crippen LogP contribution in [0, 0.1) is 29.0 Å². The van der Waals surface area contributed by atoms with Gasteiger partial charge in [-0.3, -0.25) is 4.79 Å². The average Bonchev–Trinajstić information content (AvgIpc) is 3.44. The van der Waals surface area contributed by atoms with Crippen LogP contribution in [0.3, 0.4) is 0 Å². The van der Waals surface area contributed by atoms with Crippen molar-refractivity contribution >= 4 is 50.9 Å². The molecular weight excluding hydrogens is 730 g/mol. The number of ether oxygens (including phenoxy) is 2. The highest BCUT2D eigenvalue weighted by Gasteiger charge is 2.51. The summed E-state index contributed by atoms with van der Waals surface area (Å²) in [5, 5.41) is 26.4. The Balaban J connectivity index is 1.29. The summed E-state index contributed by atoms with van der Waals surface area (Å²) < 4.78 is 31.7. The Morgan fingerprint density at radius 2 is 2.02 bits per heavy atom. The molecule has 2 N–H and O–H groups in total. The van der Waals surface area contributed by atoms with Crippen LogP contribution in [0.5, 0.6) is 11.6 Å². The van der Waals surface area contributed by atoms with Gasteiger partial charge in [-0.25, -0.2) is 14.4 Å². The van der Waals surface area contributed by atoms with Crippen LogP contribution in [-0.2, 0) is 11.2 Å². The fourth-order valence-corrected chi connectivity index (χ4v) is 9.45. The van der Waals surface area contributed by atoms with Gasteiger partial charge in [-0.1, -0.05) is 35.3 Å². The summed E-state index contributed by atoms with van der Waals surface area (Å²) in [6.07, 6.45) is 3.93. The largest absolute Gasteiger partial charge is 0.483 e. The number of rotatable bonds is 10. The number of aliphatic hydroxyl groups excluding tert-OH is 1. The van der Waals surface area contributed by atoms with Gasteiger partial charge in [-0.15, -0.1) is 0 Å². The van der Waals surface area contributed by atoms with Crippen LogP contribution in [0.1, 0.15) is 74.2 Å². The summed E-state index contributed by atoms with van der Waals surface area (Å²) in [6, 6.07) is 14.8. The number of methoxy groups -OCH3 is 1. The number of amides is 1. The van der Waals surface area contributed by atoms with E-state index in [4.69, 9.17) is 37.7 Å². The molecule has 6 heterocycles. The van der Waals surface area contributed by atoms with Crippen molar-refractivity contribution in [1.29, 1.82) is 5.26 Å². The summed E-state index contributed by atoms with van der Waals surface area (Å²) in [5.41, 5.74) is 3.35. The Labute approximate surface area is 321 Å². The zero-order valence-electron chi connectivity index (χ0n) is 29.9. The van der Waals surface area contributed by atoms with Gasteiger partial charge in [0.1, 0.15) is 11.6 Å². The molecule has 1 amide bonds. The first-order chi connectivity index (χ1) is 26.2. The molecule has 0 radical (unpaired) electrons. The first kappa shape index (κ1) is 35.2. The Hall–Kier alpha value is -4.47. The summed E-state index contributed by atoms with van der Waals surface area (Å²) in [7, 11) is 1.55. The van der Waals surface area contributed by atoms with Crippen LogP contribution in [-0.4, -0.2) is 62.8 Å². The van der Waals surface area contributed by atoms with Crippen LogP contribution in [0.25, 0.3) is 32.9 Å². The number of hydrogen-bond acceptors (Lipinski definition) is 8. The third-order valence-corrected chi connectivity index (χ3v) is 12.5. The van der Waals surface area contributed by atoms with E-state index in [2.05, 4.69) is 27.0 Å². The number of hydrogen-bond donors (Lipinski definition) is 2. The molecule has 2 saturated carbocycles. The van der Waals surface area contributed by atoms with Gasteiger partial charge in [0.15, 0.2) is 11.6 Å². The Kier molecular flexibility index (Phi) is 8.93. The van der Waals surface area contributed by atoms with E-state index in [0.717, 1.165) is 37.0 Å². The van der Waals surface area contributed by atoms with Gasteiger partial charge in [0.2, 0.25) is 5.91 Å². The number of nitrogens with zero attached hydrogens (tertiary/aromatic N) is 5. The number of aliphatic hydroxyl groups is 1. The number of nitrogens with one attached hydrogen (secondary N) is 1. The van der Waals surface area contributed by atoms with E-state index in [1.165, 1.54) is 0 Å². The van der Waals surface area contributed by atoms with E-state index in [9.17, 15) is 15.2 Å². The summed E-state index contributed by atoms with van der Waals surface area (Å²) in [6.45, 7) is 2.87. The molecule has 2 bridgehead atoms. The van der Waals surface area contributed by atoms with Crippen molar-refractivity contribution < 1.29 is 23.8 Å². The minimum absolute atomic E-state index is 0.0254. The minimum Gasteiger partial charge on any atom is -0.483 e. The minimum atomic E-state index is -1.03. The second kappa shape index (κ2) is 13.7. The number of nitriles is 1. The molecule has 3 aromatic heterocycles. The standard InChI is InChI=1S/C41H39Cl2FN6O4/c1-20(51)36-27-17-31(30-16-24(19-49(30)41(52)21-10-11-21)54-32-9-5-13-46-40(32)53-2)50(38-23-15-29(38)47-18-23)39(27)26-14-22(6-4-12-45)33(35(44)37(26)48-36)25-7-3-8-28(42)34(25)43/h3,5,7-9,13-14,17,20-21,23-24,29-30,38,47,51H,4,6,10-11,15-16,18-19H2,1-2H3. The first-order valence-corrected chi connectivity index (χ1v) is 19.3. The maximum atomic E-state index is 17.4. The molecule has 3 aliphatic heterocycles. The molecular formula is C41H39Cl2FN6O4. The van der Waals surface area contributed by atoms with Crippen molar-refractivity contribution in [2.24, 2.45) is 11.8 Å². The fraction of sp³-hybridized carbons (Fsp3) is 0.415. The molecule has 10 rings (SSSR count). The molecule has 5 aromatic rings. The van der Waals surface area contributed by atoms with Gasteiger partial charge in [-0.05, 0) is 74.4 Å². The van der Waals surface area contributed by atoms with Crippen LogP contribution in [0.2, 0.25) is 10.0 Å². The van der Waals surface area contributed by atoms with Gasteiger partial charge in [0.25, 0.3) is 5.88 Å². The number of fused-ring (bicyclic) bond motifs is 4. The molecule has 2 aromatic carbocycles. The molecule has 0 spiro atoms. The van der Waals surface area contributed by atoms with E-state index < -0.39 is 11.9 Å². The maximum absolute atomic E-state index is 17.4. The molecule has 6 unspecified atom stereocenters. The van der Waals surface area contributed by atoms with Crippen molar-refractivity contribution in [3.8, 4) is 28.8 Å². The van der Waals surface area contributed by atoms with Crippen molar-refractivity contribution in [2.75, 3.05) is 20.2 Å². The van der Waals surface area contributed by atoms with Gasteiger partial charge in [-0.2, -0.15) is 5.26 Å². The van der Waals surface area contributed by atoms with Gasteiger partial charge < -0.3 is 29.4 Å². The summed E-state index contributed by atoms with van der Waals surface area (Å²) in [4.78, 5) is 25.2. The molecule has 54 heavy (non-hydrogen) atoms. The van der Waals surface area contributed by atoms with E-state index >= 15 is 4.39 Å². The third-order valence-electron chi connectivity index (χ3n) is 11.7. The zero-order chi connectivity index (χ0) is 37.4. The van der Waals surface area contributed by atoms with Gasteiger partial charge >= 0.3 is 0 Å². The highest BCUT2D eigenvalue weighted by molar-refractivity contribution is 6.43. The number of carbonyl (C=O) groups excluding carboxylic acids is 1. The highest BCUT2D eigenvalue weighted by Crippen LogP contribution is 2.52. The Morgan fingerprint density at radius 3 is 2.72 bits per heavy atom. The molecule has 2 aliphatic carbocycles. The van der Waals surface area contributed by atoms with Gasteiger partial charge in [0.05, 0.1) is 59.2 Å². The lowest BCUT2D eigenvalue weighted by atomic mass is 9.79. The highest BCUT2D eigenvalue weighted by atomic mass is 35.5. The number of likely N-dealkylation sites (tertiary alicyclic amines) is 1. The molecule has 5 fully saturated rings. The average molecular weight is 770 g/mol. The van der Waals surface area contributed by atoms with Gasteiger partial charge in [0, 0.05) is 65.1 Å².